The predicted octanol–water partition coefficient (Wildman–Crippen LogP) is 1.25. The van der Waals surface area contributed by atoms with Crippen LogP contribution in [0.1, 0.15) is 17.4 Å². The van der Waals surface area contributed by atoms with Crippen LogP contribution in [-0.4, -0.2) is 52.1 Å². The molecule has 2 rings (SSSR count). The molecule has 0 aromatic carbocycles. The van der Waals surface area contributed by atoms with Crippen molar-refractivity contribution in [2.75, 3.05) is 27.7 Å². The summed E-state index contributed by atoms with van der Waals surface area (Å²) in [5.74, 6) is 0. The van der Waals surface area contributed by atoms with Gasteiger partial charge >= 0.3 is 0 Å². The maximum Gasteiger partial charge on any atom is 0.0949 e. The Bertz CT molecular complexity index is 559. The highest BCUT2D eigenvalue weighted by Crippen LogP contribution is 2.27. The van der Waals surface area contributed by atoms with Gasteiger partial charge in [0.25, 0.3) is 0 Å². The Morgan fingerprint density at radius 2 is 2.20 bits per heavy atom. The zero-order valence-electron chi connectivity index (χ0n) is 12.3. The van der Waals surface area contributed by atoms with E-state index in [4.69, 9.17) is 0 Å². The second-order valence-electron chi connectivity index (χ2n) is 5.04. The maximum absolute atomic E-state index is 4.50. The van der Waals surface area contributed by atoms with E-state index in [1.54, 1.807) is 0 Å². The molecular weight excluding hydrogens is 320 g/mol. The number of nitrogens with one attached hydrogen (secondary N) is 1. The summed E-state index contributed by atoms with van der Waals surface area (Å²) in [6, 6.07) is 2.05. The van der Waals surface area contributed by atoms with Gasteiger partial charge in [0.05, 0.1) is 34.6 Å². The second kappa shape index (κ2) is 6.51. The number of hydrogen-bond donors (Lipinski definition) is 1. The summed E-state index contributed by atoms with van der Waals surface area (Å²) in [6.07, 6.45) is 3.80. The first-order chi connectivity index (χ1) is 9.52. The van der Waals surface area contributed by atoms with Crippen molar-refractivity contribution >= 4 is 15.9 Å². The fraction of sp³-hybridized carbons (Fsp3) is 0.538. The molecule has 0 saturated carbocycles. The third kappa shape index (κ3) is 3.28. The fourth-order valence-corrected chi connectivity index (χ4v) is 2.67. The van der Waals surface area contributed by atoms with Crippen LogP contribution in [0.3, 0.4) is 0 Å². The molecular formula is C13H21BrN6. The van der Waals surface area contributed by atoms with Crippen LogP contribution in [0.25, 0.3) is 0 Å². The lowest BCUT2D eigenvalue weighted by Gasteiger charge is -2.18. The van der Waals surface area contributed by atoms with Crippen LogP contribution in [0.15, 0.2) is 22.9 Å². The molecule has 2 aromatic heterocycles. The minimum absolute atomic E-state index is 0.0234. The van der Waals surface area contributed by atoms with Crippen LogP contribution < -0.4 is 5.32 Å². The monoisotopic (exact) mass is 340 g/mol. The minimum atomic E-state index is 0.0234. The third-order valence-corrected chi connectivity index (χ3v) is 3.80. The second-order valence-corrected chi connectivity index (χ2v) is 5.89. The lowest BCUT2D eigenvalue weighted by Crippen LogP contribution is -2.25. The van der Waals surface area contributed by atoms with Crippen molar-refractivity contribution < 1.29 is 0 Å². The predicted molar refractivity (Wildman–Crippen MR) is 82.6 cm³/mol. The molecule has 6 nitrogen and oxygen atoms in total. The van der Waals surface area contributed by atoms with Crippen LogP contribution in [0.5, 0.6) is 0 Å². The molecule has 20 heavy (non-hydrogen) atoms. The van der Waals surface area contributed by atoms with E-state index in [1.807, 2.05) is 41.9 Å². The molecule has 0 amide bonds. The molecule has 0 fully saturated rings. The highest BCUT2D eigenvalue weighted by atomic mass is 79.9. The van der Waals surface area contributed by atoms with Gasteiger partial charge in [0.15, 0.2) is 0 Å². The summed E-state index contributed by atoms with van der Waals surface area (Å²) in [5, 5.41) is 12.3. The molecule has 1 atom stereocenters. The van der Waals surface area contributed by atoms with Gasteiger partial charge < -0.3 is 10.2 Å². The normalized spacial score (nSPS) is 13.1. The van der Waals surface area contributed by atoms with Gasteiger partial charge in [-0.1, -0.05) is 0 Å². The van der Waals surface area contributed by atoms with Crippen molar-refractivity contribution in [1.29, 1.82) is 0 Å². The van der Waals surface area contributed by atoms with Gasteiger partial charge in [0.2, 0.25) is 0 Å². The molecule has 1 N–H and O–H groups in total. The highest BCUT2D eigenvalue weighted by Gasteiger charge is 2.22. The van der Waals surface area contributed by atoms with E-state index in [1.165, 1.54) is 0 Å². The molecule has 0 bridgehead atoms. The number of likely N-dealkylation sites (N-methyl/N-ethyl adjacent to an activating group) is 1. The van der Waals surface area contributed by atoms with Crippen molar-refractivity contribution in [3.05, 3.63) is 34.3 Å². The van der Waals surface area contributed by atoms with Gasteiger partial charge in [-0.2, -0.15) is 10.2 Å². The topological polar surface area (TPSA) is 50.9 Å². The highest BCUT2D eigenvalue weighted by molar-refractivity contribution is 9.10. The molecule has 0 aliphatic carbocycles. The number of rotatable bonds is 6. The molecule has 110 valence electrons. The standard InChI is InChI=1S/C13H21BrN6/c1-15-12(11-5-6-19(4)17-11)13-10(14)9-16-20(13)8-7-18(2)3/h5-6,9,12,15H,7-8H2,1-4H3. The van der Waals surface area contributed by atoms with Crippen molar-refractivity contribution in [1.82, 2.24) is 29.8 Å². The number of nitrogens with zero attached hydrogens (tertiary/aromatic N) is 5. The van der Waals surface area contributed by atoms with Gasteiger partial charge in [0.1, 0.15) is 0 Å². The molecule has 2 heterocycles. The third-order valence-electron chi connectivity index (χ3n) is 3.18. The van der Waals surface area contributed by atoms with Crippen molar-refractivity contribution in [2.45, 2.75) is 12.6 Å². The Morgan fingerprint density at radius 3 is 2.75 bits per heavy atom. The van der Waals surface area contributed by atoms with Gasteiger partial charge in [-0.25, -0.2) is 0 Å². The largest absolute Gasteiger partial charge is 0.308 e. The maximum atomic E-state index is 4.50. The molecule has 2 aromatic rings. The number of aromatic nitrogens is 4. The summed E-state index contributed by atoms with van der Waals surface area (Å²) >= 11 is 3.60. The summed E-state index contributed by atoms with van der Waals surface area (Å²) in [6.45, 7) is 1.79. The first kappa shape index (κ1) is 15.2. The van der Waals surface area contributed by atoms with E-state index >= 15 is 0 Å². The zero-order chi connectivity index (χ0) is 14.7. The summed E-state index contributed by atoms with van der Waals surface area (Å²) in [7, 11) is 7.99. The van der Waals surface area contributed by atoms with Gasteiger partial charge in [-0.05, 0) is 43.1 Å². The fourth-order valence-electron chi connectivity index (χ4n) is 2.14. The molecule has 0 aliphatic heterocycles. The smallest absolute Gasteiger partial charge is 0.0949 e. The Labute approximate surface area is 127 Å². The average molecular weight is 341 g/mol. The van der Waals surface area contributed by atoms with Crippen molar-refractivity contribution in [3.8, 4) is 0 Å². The molecule has 0 saturated heterocycles. The Hall–Kier alpha value is -1.18. The molecule has 1 unspecified atom stereocenters. The summed E-state index contributed by atoms with van der Waals surface area (Å²) < 4.78 is 4.84. The van der Waals surface area contributed by atoms with E-state index < -0.39 is 0 Å². The first-order valence-corrected chi connectivity index (χ1v) is 7.35. The van der Waals surface area contributed by atoms with Crippen molar-refractivity contribution in [3.63, 3.8) is 0 Å². The van der Waals surface area contributed by atoms with E-state index in [0.717, 1.165) is 29.0 Å². The Balaban J connectivity index is 2.31. The lowest BCUT2D eigenvalue weighted by molar-refractivity contribution is 0.365. The quantitative estimate of drug-likeness (QED) is 0.859. The van der Waals surface area contributed by atoms with Crippen LogP contribution >= 0.6 is 15.9 Å². The van der Waals surface area contributed by atoms with E-state index in [9.17, 15) is 0 Å². The molecule has 0 spiro atoms. The zero-order valence-corrected chi connectivity index (χ0v) is 13.9. The van der Waals surface area contributed by atoms with Gasteiger partial charge in [-0.15, -0.1) is 0 Å². The van der Waals surface area contributed by atoms with Crippen LogP contribution in [0.4, 0.5) is 0 Å². The Morgan fingerprint density at radius 1 is 1.45 bits per heavy atom. The van der Waals surface area contributed by atoms with E-state index in [2.05, 4.69) is 50.4 Å². The van der Waals surface area contributed by atoms with Crippen LogP contribution in [0, 0.1) is 0 Å². The number of hydrogen-bond acceptors (Lipinski definition) is 4. The van der Waals surface area contributed by atoms with Gasteiger partial charge in [-0.3, -0.25) is 9.36 Å². The average Bonchev–Trinajstić information content (AvgIpc) is 2.97. The Kier molecular flexibility index (Phi) is 4.95. The number of halogens is 1. The van der Waals surface area contributed by atoms with E-state index in [0.29, 0.717) is 0 Å². The van der Waals surface area contributed by atoms with Crippen molar-refractivity contribution in [2.24, 2.45) is 7.05 Å². The molecule has 7 heteroatoms. The molecule has 0 radical (unpaired) electrons. The first-order valence-electron chi connectivity index (χ1n) is 6.55. The summed E-state index contributed by atoms with van der Waals surface area (Å²) in [4.78, 5) is 2.15. The van der Waals surface area contributed by atoms with E-state index in [-0.39, 0.29) is 6.04 Å². The van der Waals surface area contributed by atoms with Gasteiger partial charge in [0, 0.05) is 19.8 Å². The molecule has 0 aliphatic rings. The minimum Gasteiger partial charge on any atom is -0.308 e. The lowest BCUT2D eigenvalue weighted by atomic mass is 10.1. The summed E-state index contributed by atoms with van der Waals surface area (Å²) in [5.41, 5.74) is 2.09. The van der Waals surface area contributed by atoms with Crippen LogP contribution in [-0.2, 0) is 13.6 Å². The van der Waals surface area contributed by atoms with Crippen LogP contribution in [0.2, 0.25) is 0 Å². The number of aryl methyl sites for hydroxylation is 1. The SMILES string of the molecule is CNC(c1ccn(C)n1)c1c(Br)cnn1CCN(C)C.